The molecule has 0 amide bonds. The van der Waals surface area contributed by atoms with E-state index in [-0.39, 0.29) is 0 Å². The lowest BCUT2D eigenvalue weighted by molar-refractivity contribution is 1.04. The van der Waals surface area contributed by atoms with Gasteiger partial charge in [-0.25, -0.2) is 4.98 Å². The smallest absolute Gasteiger partial charge is 0.208 e. The minimum atomic E-state index is 0.585. The normalized spacial score (nSPS) is 10.4. The van der Waals surface area contributed by atoms with Crippen LogP contribution in [0.5, 0.6) is 0 Å². The van der Waals surface area contributed by atoms with Gasteiger partial charge in [0.1, 0.15) is 0 Å². The summed E-state index contributed by atoms with van der Waals surface area (Å²) < 4.78 is 1.90. The third-order valence-corrected chi connectivity index (χ3v) is 2.94. The fourth-order valence-electron chi connectivity index (χ4n) is 1.65. The predicted molar refractivity (Wildman–Crippen MR) is 77.0 cm³/mol. The molecule has 2 aromatic rings. The van der Waals surface area contributed by atoms with E-state index in [2.05, 4.69) is 16.9 Å². The predicted octanol–water partition coefficient (Wildman–Crippen LogP) is 4.09. The molecule has 94 valence electrons. The van der Waals surface area contributed by atoms with Crippen molar-refractivity contribution in [1.29, 1.82) is 0 Å². The third-order valence-electron chi connectivity index (χ3n) is 2.40. The van der Waals surface area contributed by atoms with Crippen LogP contribution in [0.15, 0.2) is 37.1 Å². The van der Waals surface area contributed by atoms with Crippen LogP contribution in [-0.4, -0.2) is 16.1 Å². The number of nitrogens with one attached hydrogen (secondary N) is 1. The Labute approximate surface area is 116 Å². The Balaban J connectivity index is 2.45. The van der Waals surface area contributed by atoms with Gasteiger partial charge in [-0.2, -0.15) is 0 Å². The highest BCUT2D eigenvalue weighted by Crippen LogP contribution is 2.27. The van der Waals surface area contributed by atoms with Crippen molar-refractivity contribution in [3.63, 3.8) is 0 Å². The average molecular weight is 282 g/mol. The first kappa shape index (κ1) is 13.0. The van der Waals surface area contributed by atoms with Gasteiger partial charge in [-0.3, -0.25) is 4.57 Å². The van der Waals surface area contributed by atoms with Crippen LogP contribution >= 0.6 is 23.2 Å². The number of halogens is 2. The molecule has 1 aromatic heterocycles. The van der Waals surface area contributed by atoms with E-state index in [4.69, 9.17) is 23.2 Å². The van der Waals surface area contributed by atoms with Crippen LogP contribution in [0.2, 0.25) is 10.0 Å². The number of anilines is 1. The molecule has 0 aliphatic heterocycles. The van der Waals surface area contributed by atoms with Crippen molar-refractivity contribution in [2.75, 3.05) is 11.9 Å². The molecule has 0 atom stereocenters. The summed E-state index contributed by atoms with van der Waals surface area (Å²) in [5, 5.41) is 4.36. The Morgan fingerprint density at radius 2 is 2.22 bits per heavy atom. The number of hydrogen-bond acceptors (Lipinski definition) is 2. The minimum Gasteiger partial charge on any atom is -0.352 e. The van der Waals surface area contributed by atoms with Crippen LogP contribution in [0.1, 0.15) is 5.69 Å². The first-order valence-electron chi connectivity index (χ1n) is 5.48. The van der Waals surface area contributed by atoms with E-state index in [0.29, 0.717) is 16.6 Å². The molecule has 3 nitrogen and oxygen atoms in total. The zero-order chi connectivity index (χ0) is 13.1. The van der Waals surface area contributed by atoms with Crippen molar-refractivity contribution in [3.05, 3.63) is 52.8 Å². The second-order valence-electron chi connectivity index (χ2n) is 3.84. The van der Waals surface area contributed by atoms with Gasteiger partial charge in [0.2, 0.25) is 5.95 Å². The first-order valence-corrected chi connectivity index (χ1v) is 6.23. The molecule has 1 N–H and O–H groups in total. The number of hydrogen-bond donors (Lipinski definition) is 1. The monoisotopic (exact) mass is 281 g/mol. The molecule has 0 radical (unpaired) electrons. The van der Waals surface area contributed by atoms with Crippen LogP contribution in [0, 0.1) is 6.92 Å². The van der Waals surface area contributed by atoms with E-state index in [1.165, 1.54) is 0 Å². The molecule has 18 heavy (non-hydrogen) atoms. The fraction of sp³-hybridized carbons (Fsp3) is 0.154. The van der Waals surface area contributed by atoms with Gasteiger partial charge in [-0.1, -0.05) is 29.3 Å². The van der Waals surface area contributed by atoms with Gasteiger partial charge < -0.3 is 5.32 Å². The van der Waals surface area contributed by atoms with Crippen molar-refractivity contribution in [3.8, 4) is 5.69 Å². The highest BCUT2D eigenvalue weighted by molar-refractivity contribution is 6.35. The SMILES string of the molecule is C=CCNc1nc(C)cn1-c1ccc(Cl)cc1Cl. The van der Waals surface area contributed by atoms with Crippen molar-refractivity contribution in [1.82, 2.24) is 9.55 Å². The Kier molecular flexibility index (Phi) is 3.94. The summed E-state index contributed by atoms with van der Waals surface area (Å²) in [6.45, 7) is 6.24. The van der Waals surface area contributed by atoms with Crippen molar-refractivity contribution < 1.29 is 0 Å². The van der Waals surface area contributed by atoms with Gasteiger partial charge in [-0.15, -0.1) is 6.58 Å². The van der Waals surface area contributed by atoms with E-state index >= 15 is 0 Å². The molecule has 1 heterocycles. The highest BCUT2D eigenvalue weighted by Gasteiger charge is 2.10. The molecular weight excluding hydrogens is 269 g/mol. The zero-order valence-electron chi connectivity index (χ0n) is 9.95. The van der Waals surface area contributed by atoms with Crippen LogP contribution < -0.4 is 5.32 Å². The Hall–Kier alpha value is -1.45. The summed E-state index contributed by atoms with van der Waals surface area (Å²) in [6.07, 6.45) is 3.69. The summed E-state index contributed by atoms with van der Waals surface area (Å²) in [5.74, 6) is 0.733. The van der Waals surface area contributed by atoms with Gasteiger partial charge in [0.15, 0.2) is 0 Å². The molecule has 5 heteroatoms. The van der Waals surface area contributed by atoms with Crippen molar-refractivity contribution in [2.45, 2.75) is 6.92 Å². The zero-order valence-corrected chi connectivity index (χ0v) is 11.5. The van der Waals surface area contributed by atoms with Crippen molar-refractivity contribution in [2.24, 2.45) is 0 Å². The van der Waals surface area contributed by atoms with E-state index in [1.54, 1.807) is 18.2 Å². The van der Waals surface area contributed by atoms with E-state index in [1.807, 2.05) is 23.8 Å². The van der Waals surface area contributed by atoms with Gasteiger partial charge in [0, 0.05) is 17.8 Å². The maximum absolute atomic E-state index is 6.20. The van der Waals surface area contributed by atoms with Gasteiger partial charge in [0.05, 0.1) is 16.4 Å². The van der Waals surface area contributed by atoms with Crippen LogP contribution in [0.25, 0.3) is 5.69 Å². The maximum Gasteiger partial charge on any atom is 0.208 e. The van der Waals surface area contributed by atoms with E-state index in [9.17, 15) is 0 Å². The molecule has 1 aromatic carbocycles. The number of rotatable bonds is 4. The quantitative estimate of drug-likeness (QED) is 0.856. The largest absolute Gasteiger partial charge is 0.352 e. The average Bonchev–Trinajstić information content (AvgIpc) is 2.67. The third kappa shape index (κ3) is 2.68. The Bertz CT molecular complexity index is 576. The molecule has 0 spiro atoms. The number of benzene rings is 1. The topological polar surface area (TPSA) is 29.9 Å². The standard InChI is InChI=1S/C13H13Cl2N3/c1-3-6-16-13-17-9(2)8-18(13)12-5-4-10(14)7-11(12)15/h3-5,7-8H,1,6H2,2H3,(H,16,17). The molecule has 2 rings (SSSR count). The Morgan fingerprint density at radius 1 is 1.44 bits per heavy atom. The van der Waals surface area contributed by atoms with Crippen LogP contribution in [0.4, 0.5) is 5.95 Å². The Morgan fingerprint density at radius 3 is 2.89 bits per heavy atom. The fourth-order valence-corrected chi connectivity index (χ4v) is 2.15. The van der Waals surface area contributed by atoms with E-state index < -0.39 is 0 Å². The minimum absolute atomic E-state index is 0.585. The summed E-state index contributed by atoms with van der Waals surface area (Å²) in [6, 6.07) is 5.38. The molecule has 0 saturated heterocycles. The molecule has 0 aliphatic rings. The van der Waals surface area contributed by atoms with Gasteiger partial charge >= 0.3 is 0 Å². The van der Waals surface area contributed by atoms with Crippen molar-refractivity contribution >= 4 is 29.2 Å². The highest BCUT2D eigenvalue weighted by atomic mass is 35.5. The summed E-state index contributed by atoms with van der Waals surface area (Å²) in [7, 11) is 0. The van der Waals surface area contributed by atoms with Crippen LogP contribution in [0.3, 0.4) is 0 Å². The maximum atomic E-state index is 6.20. The second-order valence-corrected chi connectivity index (χ2v) is 4.68. The number of nitrogens with zero attached hydrogens (tertiary/aromatic N) is 2. The number of aromatic nitrogens is 2. The summed E-state index contributed by atoms with van der Waals surface area (Å²) >= 11 is 12.1. The van der Waals surface area contributed by atoms with E-state index in [0.717, 1.165) is 17.3 Å². The lowest BCUT2D eigenvalue weighted by atomic mass is 10.3. The first-order chi connectivity index (χ1) is 8.61. The van der Waals surface area contributed by atoms with Crippen LogP contribution in [-0.2, 0) is 0 Å². The molecule has 0 saturated carbocycles. The molecule has 0 unspecified atom stereocenters. The summed E-state index contributed by atoms with van der Waals surface area (Å²) in [4.78, 5) is 4.40. The summed E-state index contributed by atoms with van der Waals surface area (Å²) in [5.41, 5.74) is 1.75. The molecule has 0 fully saturated rings. The van der Waals surface area contributed by atoms with Gasteiger partial charge in [0.25, 0.3) is 0 Å². The van der Waals surface area contributed by atoms with Gasteiger partial charge in [-0.05, 0) is 25.1 Å². The number of aryl methyl sites for hydroxylation is 1. The molecular formula is C13H13Cl2N3. The molecule has 0 aliphatic carbocycles. The number of imidazole rings is 1. The lowest BCUT2D eigenvalue weighted by Gasteiger charge is -2.10. The second kappa shape index (κ2) is 5.46. The lowest BCUT2D eigenvalue weighted by Crippen LogP contribution is -2.05. The molecule has 0 bridgehead atoms.